The summed E-state index contributed by atoms with van der Waals surface area (Å²) in [5, 5.41) is 6.64. The van der Waals surface area contributed by atoms with Gasteiger partial charge in [-0.15, -0.1) is 0 Å². The molecule has 1 aliphatic rings. The highest BCUT2D eigenvalue weighted by Crippen LogP contribution is 2.30. The van der Waals surface area contributed by atoms with Gasteiger partial charge in [0, 0.05) is 26.0 Å². The number of likely N-dealkylation sites (tertiary alicyclic amines) is 1. The van der Waals surface area contributed by atoms with Crippen LogP contribution in [0.5, 0.6) is 0 Å². The van der Waals surface area contributed by atoms with Gasteiger partial charge in [-0.25, -0.2) is 0 Å². The molecule has 0 bridgehead atoms. The zero-order valence-electron chi connectivity index (χ0n) is 14.4. The van der Waals surface area contributed by atoms with Crippen molar-refractivity contribution in [2.75, 3.05) is 11.9 Å². The van der Waals surface area contributed by atoms with Gasteiger partial charge in [0.15, 0.2) is 0 Å². The van der Waals surface area contributed by atoms with E-state index in [2.05, 4.69) is 15.4 Å². The molecule has 136 valence electrons. The van der Waals surface area contributed by atoms with Crippen LogP contribution in [0.25, 0.3) is 0 Å². The van der Waals surface area contributed by atoms with Crippen LogP contribution in [-0.2, 0) is 16.6 Å². The Hall–Kier alpha value is -3.23. The van der Waals surface area contributed by atoms with Gasteiger partial charge in [-0.05, 0) is 31.4 Å². The molecular weight excluding hydrogens is 336 g/mol. The SMILES string of the molecule is Cn1nccc1C1CCCCN1C(=O)C(=O)Nc1cncc(C(N)=O)c1. The fourth-order valence-electron chi connectivity index (χ4n) is 3.15. The largest absolute Gasteiger partial charge is 0.366 e. The number of hydrogen-bond acceptors (Lipinski definition) is 5. The molecule has 1 aliphatic heterocycles. The molecule has 9 nitrogen and oxygen atoms in total. The number of carbonyl (C=O) groups is 3. The number of primary amides is 1. The van der Waals surface area contributed by atoms with Crippen LogP contribution in [0.15, 0.2) is 30.7 Å². The maximum atomic E-state index is 12.7. The molecule has 0 aliphatic carbocycles. The van der Waals surface area contributed by atoms with Gasteiger partial charge < -0.3 is 16.0 Å². The number of piperidine rings is 1. The van der Waals surface area contributed by atoms with Crippen LogP contribution in [0, 0.1) is 0 Å². The molecule has 0 spiro atoms. The molecule has 1 unspecified atom stereocenters. The maximum Gasteiger partial charge on any atom is 0.313 e. The third-order valence-corrected chi connectivity index (χ3v) is 4.44. The van der Waals surface area contributed by atoms with Gasteiger partial charge in [-0.3, -0.25) is 24.0 Å². The summed E-state index contributed by atoms with van der Waals surface area (Å²) in [6.45, 7) is 0.502. The number of hydrogen-bond donors (Lipinski definition) is 2. The first-order valence-corrected chi connectivity index (χ1v) is 8.32. The Morgan fingerprint density at radius 3 is 2.77 bits per heavy atom. The number of aryl methyl sites for hydroxylation is 1. The summed E-state index contributed by atoms with van der Waals surface area (Å²) in [5.41, 5.74) is 6.49. The quantitative estimate of drug-likeness (QED) is 0.780. The molecule has 26 heavy (non-hydrogen) atoms. The van der Waals surface area contributed by atoms with Gasteiger partial charge in [0.05, 0.1) is 29.2 Å². The second kappa shape index (κ2) is 7.34. The molecular formula is C17H20N6O3. The van der Waals surface area contributed by atoms with E-state index in [0.717, 1.165) is 25.0 Å². The van der Waals surface area contributed by atoms with Crippen molar-refractivity contribution in [3.05, 3.63) is 42.0 Å². The van der Waals surface area contributed by atoms with Gasteiger partial charge in [-0.1, -0.05) is 0 Å². The molecule has 3 amide bonds. The van der Waals surface area contributed by atoms with Crippen LogP contribution >= 0.6 is 0 Å². The zero-order valence-corrected chi connectivity index (χ0v) is 14.4. The second-order valence-electron chi connectivity index (χ2n) is 6.17. The number of nitrogens with two attached hydrogens (primary N) is 1. The average Bonchev–Trinajstić information content (AvgIpc) is 3.07. The van der Waals surface area contributed by atoms with Crippen LogP contribution in [0.4, 0.5) is 5.69 Å². The van der Waals surface area contributed by atoms with E-state index in [-0.39, 0.29) is 17.3 Å². The number of nitrogens with zero attached hydrogens (tertiary/aromatic N) is 4. The van der Waals surface area contributed by atoms with Crippen molar-refractivity contribution in [1.82, 2.24) is 19.7 Å². The van der Waals surface area contributed by atoms with E-state index in [1.54, 1.807) is 15.8 Å². The van der Waals surface area contributed by atoms with Gasteiger partial charge >= 0.3 is 11.8 Å². The Kier molecular flexibility index (Phi) is 4.97. The Balaban J connectivity index is 1.76. The first-order valence-electron chi connectivity index (χ1n) is 8.32. The predicted molar refractivity (Wildman–Crippen MR) is 92.9 cm³/mol. The summed E-state index contributed by atoms with van der Waals surface area (Å²) in [4.78, 5) is 41.8. The van der Waals surface area contributed by atoms with Gasteiger partial charge in [-0.2, -0.15) is 5.10 Å². The molecule has 1 atom stereocenters. The molecule has 3 rings (SSSR count). The lowest BCUT2D eigenvalue weighted by atomic mass is 9.99. The molecule has 1 fully saturated rings. The van der Waals surface area contributed by atoms with E-state index < -0.39 is 17.7 Å². The van der Waals surface area contributed by atoms with Crippen molar-refractivity contribution in [2.24, 2.45) is 12.8 Å². The summed E-state index contributed by atoms with van der Waals surface area (Å²) in [6, 6.07) is 3.05. The number of aromatic nitrogens is 3. The highest BCUT2D eigenvalue weighted by molar-refractivity contribution is 6.39. The van der Waals surface area contributed by atoms with Crippen LogP contribution in [0.2, 0.25) is 0 Å². The lowest BCUT2D eigenvalue weighted by Crippen LogP contribution is -2.44. The number of pyridine rings is 1. The van der Waals surface area contributed by atoms with Crippen LogP contribution in [0.3, 0.4) is 0 Å². The van der Waals surface area contributed by atoms with E-state index >= 15 is 0 Å². The van der Waals surface area contributed by atoms with Gasteiger partial charge in [0.2, 0.25) is 5.91 Å². The molecule has 1 saturated heterocycles. The molecule has 0 saturated carbocycles. The van der Waals surface area contributed by atoms with Crippen molar-refractivity contribution in [2.45, 2.75) is 25.3 Å². The van der Waals surface area contributed by atoms with Crippen molar-refractivity contribution in [3.8, 4) is 0 Å². The van der Waals surface area contributed by atoms with Crippen LogP contribution < -0.4 is 11.1 Å². The minimum atomic E-state index is -0.775. The van der Waals surface area contributed by atoms with Gasteiger partial charge in [0.1, 0.15) is 0 Å². The number of rotatable bonds is 3. The summed E-state index contributed by atoms with van der Waals surface area (Å²) >= 11 is 0. The van der Waals surface area contributed by atoms with E-state index in [0.29, 0.717) is 6.54 Å². The van der Waals surface area contributed by atoms with Crippen molar-refractivity contribution >= 4 is 23.4 Å². The lowest BCUT2D eigenvalue weighted by Gasteiger charge is -2.35. The third-order valence-electron chi connectivity index (χ3n) is 4.44. The second-order valence-corrected chi connectivity index (χ2v) is 6.17. The first kappa shape index (κ1) is 17.6. The Bertz CT molecular complexity index is 847. The van der Waals surface area contributed by atoms with Crippen molar-refractivity contribution < 1.29 is 14.4 Å². The molecule has 3 heterocycles. The topological polar surface area (TPSA) is 123 Å². The number of amides is 3. The average molecular weight is 356 g/mol. The Morgan fingerprint density at radius 1 is 1.27 bits per heavy atom. The highest BCUT2D eigenvalue weighted by atomic mass is 16.2. The number of nitrogens with one attached hydrogen (secondary N) is 1. The number of anilines is 1. The molecule has 0 aromatic carbocycles. The lowest BCUT2D eigenvalue weighted by molar-refractivity contribution is -0.146. The van der Waals surface area contributed by atoms with Crippen molar-refractivity contribution in [1.29, 1.82) is 0 Å². The minimum Gasteiger partial charge on any atom is -0.366 e. The van der Waals surface area contributed by atoms with Crippen molar-refractivity contribution in [3.63, 3.8) is 0 Å². The predicted octanol–water partition coefficient (Wildman–Crippen LogP) is 0.606. The number of carbonyl (C=O) groups excluding carboxylic acids is 3. The third kappa shape index (κ3) is 3.56. The van der Waals surface area contributed by atoms with E-state index in [4.69, 9.17) is 5.73 Å². The van der Waals surface area contributed by atoms with E-state index in [1.165, 1.54) is 18.5 Å². The maximum absolute atomic E-state index is 12.7. The summed E-state index contributed by atoms with van der Waals surface area (Å²) in [5.74, 6) is -2.06. The fourth-order valence-corrected chi connectivity index (χ4v) is 3.15. The summed E-state index contributed by atoms with van der Waals surface area (Å²) < 4.78 is 1.72. The normalized spacial score (nSPS) is 17.0. The van der Waals surface area contributed by atoms with Crippen LogP contribution in [0.1, 0.15) is 41.4 Å². The van der Waals surface area contributed by atoms with Gasteiger partial charge in [0.25, 0.3) is 0 Å². The van der Waals surface area contributed by atoms with Crippen LogP contribution in [-0.4, -0.2) is 43.9 Å². The van der Waals surface area contributed by atoms with E-state index in [1.807, 2.05) is 13.1 Å². The highest BCUT2D eigenvalue weighted by Gasteiger charge is 2.33. The zero-order chi connectivity index (χ0) is 18.7. The molecule has 2 aromatic rings. The molecule has 2 aromatic heterocycles. The summed E-state index contributed by atoms with van der Waals surface area (Å²) in [7, 11) is 1.81. The Morgan fingerprint density at radius 2 is 2.08 bits per heavy atom. The Labute approximate surface area is 150 Å². The fraction of sp³-hybridized carbons (Fsp3) is 0.353. The first-order chi connectivity index (χ1) is 12.5. The summed E-state index contributed by atoms with van der Waals surface area (Å²) in [6.07, 6.45) is 6.91. The smallest absolute Gasteiger partial charge is 0.313 e. The molecule has 0 radical (unpaired) electrons. The molecule has 9 heteroatoms. The molecule has 3 N–H and O–H groups in total. The monoisotopic (exact) mass is 356 g/mol. The van der Waals surface area contributed by atoms with E-state index in [9.17, 15) is 14.4 Å². The standard InChI is InChI=1S/C17H20N6O3/c1-22-13(5-6-20-22)14-4-2-3-7-23(14)17(26)16(25)21-12-8-11(15(18)24)9-19-10-12/h5-6,8-10,14H,2-4,7H2,1H3,(H2,18,24)(H,21,25). The minimum absolute atomic E-state index is 0.154.